The number of fused-ring (bicyclic) bond motifs is 1. The lowest BCUT2D eigenvalue weighted by Crippen LogP contribution is -2.43. The Labute approximate surface area is 130 Å². The summed E-state index contributed by atoms with van der Waals surface area (Å²) in [5.41, 5.74) is 9.49. The van der Waals surface area contributed by atoms with Gasteiger partial charge in [0, 0.05) is 12.6 Å². The van der Waals surface area contributed by atoms with Gasteiger partial charge in [0.15, 0.2) is 0 Å². The van der Waals surface area contributed by atoms with E-state index in [2.05, 4.69) is 63.8 Å². The summed E-state index contributed by atoms with van der Waals surface area (Å²) in [5.74, 6) is 0. The lowest BCUT2D eigenvalue weighted by Gasteiger charge is -2.44. The van der Waals surface area contributed by atoms with Gasteiger partial charge in [0.1, 0.15) is 0 Å². The molecule has 21 heavy (non-hydrogen) atoms. The van der Waals surface area contributed by atoms with Gasteiger partial charge in [0.2, 0.25) is 0 Å². The Balaban J connectivity index is 2.32. The molecule has 2 rings (SSSR count). The first-order chi connectivity index (χ1) is 9.80. The van der Waals surface area contributed by atoms with Crippen LogP contribution in [0.5, 0.6) is 0 Å². The summed E-state index contributed by atoms with van der Waals surface area (Å²) >= 11 is 0. The molecular formula is C19H32N2. The highest BCUT2D eigenvalue weighted by Crippen LogP contribution is 2.44. The predicted molar refractivity (Wildman–Crippen MR) is 91.5 cm³/mol. The predicted octanol–water partition coefficient (Wildman–Crippen LogP) is 4.11. The zero-order valence-corrected chi connectivity index (χ0v) is 14.4. The molecule has 0 aliphatic heterocycles. The molecule has 2 nitrogen and oxygen atoms in total. The molecule has 0 bridgehead atoms. The van der Waals surface area contributed by atoms with Gasteiger partial charge >= 0.3 is 0 Å². The van der Waals surface area contributed by atoms with Gasteiger partial charge in [-0.3, -0.25) is 4.90 Å². The van der Waals surface area contributed by atoms with Crippen molar-refractivity contribution in [3.8, 4) is 0 Å². The van der Waals surface area contributed by atoms with Crippen molar-refractivity contribution in [2.45, 2.75) is 58.9 Å². The van der Waals surface area contributed by atoms with Crippen molar-refractivity contribution in [1.82, 2.24) is 4.90 Å². The lowest BCUT2D eigenvalue weighted by atomic mass is 9.70. The average molecular weight is 288 g/mol. The highest BCUT2D eigenvalue weighted by Gasteiger charge is 2.35. The van der Waals surface area contributed by atoms with E-state index in [-0.39, 0.29) is 5.41 Å². The van der Waals surface area contributed by atoms with Crippen LogP contribution in [0.1, 0.15) is 64.6 Å². The lowest BCUT2D eigenvalue weighted by molar-refractivity contribution is 0.118. The van der Waals surface area contributed by atoms with E-state index in [0.717, 1.165) is 19.6 Å². The van der Waals surface area contributed by atoms with E-state index in [1.165, 1.54) is 24.0 Å². The molecule has 0 heterocycles. The summed E-state index contributed by atoms with van der Waals surface area (Å²) in [7, 11) is 0. The minimum absolute atomic E-state index is 0.178. The minimum atomic E-state index is 0.178. The topological polar surface area (TPSA) is 29.3 Å². The van der Waals surface area contributed by atoms with Crippen LogP contribution in [0, 0.1) is 5.41 Å². The van der Waals surface area contributed by atoms with Crippen LogP contribution in [-0.4, -0.2) is 24.5 Å². The quantitative estimate of drug-likeness (QED) is 0.883. The van der Waals surface area contributed by atoms with E-state index in [9.17, 15) is 0 Å². The first-order valence-corrected chi connectivity index (χ1v) is 8.34. The van der Waals surface area contributed by atoms with E-state index >= 15 is 0 Å². The summed E-state index contributed by atoms with van der Waals surface area (Å²) in [6.45, 7) is 14.5. The largest absolute Gasteiger partial charge is 0.330 e. The zero-order valence-electron chi connectivity index (χ0n) is 14.4. The fourth-order valence-electron chi connectivity index (χ4n) is 3.63. The van der Waals surface area contributed by atoms with Crippen molar-refractivity contribution in [2.24, 2.45) is 11.1 Å². The van der Waals surface area contributed by atoms with Gasteiger partial charge in [-0.25, -0.2) is 0 Å². The molecule has 118 valence electrons. The molecule has 1 aromatic rings. The zero-order chi connectivity index (χ0) is 15.7. The standard InChI is InChI=1S/C19H32N2/c1-6-21(14-18(2,3)13-20)17-11-12-19(4,5)16-10-8-7-9-15(16)17/h7-10,17H,6,11-14,20H2,1-5H3. The number of rotatable bonds is 5. The van der Waals surface area contributed by atoms with E-state index < -0.39 is 0 Å². The molecule has 1 aromatic carbocycles. The number of nitrogens with zero attached hydrogens (tertiary/aromatic N) is 1. The normalized spacial score (nSPS) is 21.4. The molecule has 2 heteroatoms. The molecule has 0 saturated carbocycles. The smallest absolute Gasteiger partial charge is 0.0351 e. The molecule has 0 aromatic heterocycles. The molecule has 1 unspecified atom stereocenters. The van der Waals surface area contributed by atoms with Gasteiger partial charge in [-0.15, -0.1) is 0 Å². The van der Waals surface area contributed by atoms with E-state index in [1.54, 1.807) is 0 Å². The van der Waals surface area contributed by atoms with Crippen LogP contribution in [0.15, 0.2) is 24.3 Å². The molecule has 2 N–H and O–H groups in total. The van der Waals surface area contributed by atoms with Crippen molar-refractivity contribution in [3.05, 3.63) is 35.4 Å². The van der Waals surface area contributed by atoms with E-state index in [0.29, 0.717) is 11.5 Å². The van der Waals surface area contributed by atoms with Crippen molar-refractivity contribution < 1.29 is 0 Å². The average Bonchev–Trinajstić information content (AvgIpc) is 2.46. The molecule has 1 aliphatic carbocycles. The van der Waals surface area contributed by atoms with Crippen molar-refractivity contribution >= 4 is 0 Å². The SMILES string of the molecule is CCN(CC(C)(C)CN)C1CCC(C)(C)c2ccccc21. The maximum Gasteiger partial charge on any atom is 0.0351 e. The monoisotopic (exact) mass is 288 g/mol. The van der Waals surface area contributed by atoms with E-state index in [1.807, 2.05) is 0 Å². The third kappa shape index (κ3) is 3.49. The molecule has 0 fully saturated rings. The van der Waals surface area contributed by atoms with Crippen molar-refractivity contribution in [3.63, 3.8) is 0 Å². The molecule has 0 spiro atoms. The van der Waals surface area contributed by atoms with Gasteiger partial charge in [-0.2, -0.15) is 0 Å². The number of benzene rings is 1. The molecule has 1 atom stereocenters. The van der Waals surface area contributed by atoms with Gasteiger partial charge in [0.05, 0.1) is 0 Å². The fraction of sp³-hybridized carbons (Fsp3) is 0.684. The maximum atomic E-state index is 5.95. The molecule has 0 saturated heterocycles. The van der Waals surface area contributed by atoms with Crippen LogP contribution in [0.25, 0.3) is 0 Å². The Hall–Kier alpha value is -0.860. The third-order valence-electron chi connectivity index (χ3n) is 5.12. The minimum Gasteiger partial charge on any atom is -0.330 e. The van der Waals surface area contributed by atoms with Crippen LogP contribution in [-0.2, 0) is 5.41 Å². The highest BCUT2D eigenvalue weighted by atomic mass is 15.2. The van der Waals surface area contributed by atoms with Gasteiger partial charge < -0.3 is 5.73 Å². The molecule has 1 aliphatic rings. The Morgan fingerprint density at radius 3 is 2.57 bits per heavy atom. The molecule has 0 amide bonds. The summed E-state index contributed by atoms with van der Waals surface area (Å²) in [6, 6.07) is 9.57. The highest BCUT2D eigenvalue weighted by molar-refractivity contribution is 5.38. The van der Waals surface area contributed by atoms with Crippen molar-refractivity contribution in [1.29, 1.82) is 0 Å². The second-order valence-electron chi connectivity index (χ2n) is 7.96. The summed E-state index contributed by atoms with van der Waals surface area (Å²) < 4.78 is 0. The van der Waals surface area contributed by atoms with Crippen LogP contribution in [0.3, 0.4) is 0 Å². The maximum absolute atomic E-state index is 5.95. The van der Waals surface area contributed by atoms with Crippen LogP contribution < -0.4 is 5.73 Å². The Morgan fingerprint density at radius 1 is 1.29 bits per heavy atom. The summed E-state index contributed by atoms with van der Waals surface area (Å²) in [6.07, 6.45) is 2.51. The van der Waals surface area contributed by atoms with Crippen LogP contribution >= 0.6 is 0 Å². The van der Waals surface area contributed by atoms with Gasteiger partial charge in [-0.1, -0.05) is 58.9 Å². The Kier molecular flexibility index (Phi) is 4.79. The van der Waals surface area contributed by atoms with Gasteiger partial charge in [0.25, 0.3) is 0 Å². The van der Waals surface area contributed by atoms with E-state index in [4.69, 9.17) is 5.73 Å². The van der Waals surface area contributed by atoms with Gasteiger partial charge in [-0.05, 0) is 47.9 Å². The fourth-order valence-corrected chi connectivity index (χ4v) is 3.63. The van der Waals surface area contributed by atoms with Crippen molar-refractivity contribution in [2.75, 3.05) is 19.6 Å². The second kappa shape index (κ2) is 6.10. The number of hydrogen-bond acceptors (Lipinski definition) is 2. The summed E-state index contributed by atoms with van der Waals surface area (Å²) in [5, 5.41) is 0. The third-order valence-corrected chi connectivity index (χ3v) is 5.12. The number of hydrogen-bond donors (Lipinski definition) is 1. The Bertz CT molecular complexity index is 476. The molecular weight excluding hydrogens is 256 g/mol. The first kappa shape index (κ1) is 16.5. The van der Waals surface area contributed by atoms with Crippen LogP contribution in [0.4, 0.5) is 0 Å². The molecule has 0 radical (unpaired) electrons. The number of nitrogens with two attached hydrogens (primary N) is 1. The second-order valence-corrected chi connectivity index (χ2v) is 7.96. The van der Waals surface area contributed by atoms with Crippen LogP contribution in [0.2, 0.25) is 0 Å². The Morgan fingerprint density at radius 2 is 1.95 bits per heavy atom. The summed E-state index contributed by atoms with van der Waals surface area (Å²) in [4.78, 5) is 2.63. The first-order valence-electron chi connectivity index (χ1n) is 8.34.